The summed E-state index contributed by atoms with van der Waals surface area (Å²) in [5.41, 5.74) is 2.24. The summed E-state index contributed by atoms with van der Waals surface area (Å²) in [6.07, 6.45) is 1.82. The van der Waals surface area contributed by atoms with Crippen LogP contribution in [0.15, 0.2) is 65.6 Å². The van der Waals surface area contributed by atoms with Crippen LogP contribution >= 0.6 is 0 Å². The van der Waals surface area contributed by atoms with Gasteiger partial charge >= 0.3 is 0 Å². The number of hydrogen-bond acceptors (Lipinski definition) is 2. The lowest BCUT2D eigenvalue weighted by molar-refractivity contribution is 0.632. The number of H-pyrrole nitrogens is 1. The first-order valence-corrected chi connectivity index (χ1v) is 7.20. The number of nitrogens with one attached hydrogen (secondary N) is 2. The molecule has 0 amide bonds. The predicted molar refractivity (Wildman–Crippen MR) is 86.5 cm³/mol. The molecular weight excluding hydrogens is 260 g/mol. The molecule has 3 nitrogen and oxygen atoms in total. The maximum absolute atomic E-state index is 12.0. The molecule has 1 aromatic heterocycles. The molecule has 0 radical (unpaired) electrons. The van der Waals surface area contributed by atoms with Crippen molar-refractivity contribution >= 4 is 10.8 Å². The van der Waals surface area contributed by atoms with E-state index < -0.39 is 0 Å². The van der Waals surface area contributed by atoms with E-state index >= 15 is 0 Å². The summed E-state index contributed by atoms with van der Waals surface area (Å²) in [7, 11) is 0. The van der Waals surface area contributed by atoms with Gasteiger partial charge < -0.3 is 10.3 Å². The third kappa shape index (κ3) is 2.60. The number of fused-ring (bicyclic) bond motifs is 1. The summed E-state index contributed by atoms with van der Waals surface area (Å²) in [5.74, 6) is 0. The standard InChI is InChI=1S/C18H18N2O/c1-2-19-17(13-8-4-3-5-9-13)16-12-20-18(21)15-11-7-6-10-14(15)16/h3-12,17,19H,2H2,1H3,(H,20,21). The van der Waals surface area contributed by atoms with Crippen LogP contribution in [0.2, 0.25) is 0 Å². The van der Waals surface area contributed by atoms with Crippen molar-refractivity contribution in [3.63, 3.8) is 0 Å². The summed E-state index contributed by atoms with van der Waals surface area (Å²) in [5, 5.41) is 5.23. The molecule has 21 heavy (non-hydrogen) atoms. The van der Waals surface area contributed by atoms with Gasteiger partial charge in [-0.25, -0.2) is 0 Å². The van der Waals surface area contributed by atoms with Gasteiger partial charge in [-0.15, -0.1) is 0 Å². The Hall–Kier alpha value is -2.39. The number of benzene rings is 2. The van der Waals surface area contributed by atoms with Crippen LogP contribution in [0.25, 0.3) is 10.8 Å². The smallest absolute Gasteiger partial charge is 0.255 e. The topological polar surface area (TPSA) is 44.9 Å². The molecule has 3 heteroatoms. The lowest BCUT2D eigenvalue weighted by atomic mass is 9.95. The molecule has 0 aliphatic carbocycles. The van der Waals surface area contributed by atoms with Crippen LogP contribution < -0.4 is 10.9 Å². The molecule has 0 saturated carbocycles. The minimum atomic E-state index is -0.0438. The minimum Gasteiger partial charge on any atom is -0.328 e. The average Bonchev–Trinajstić information content (AvgIpc) is 2.55. The van der Waals surface area contributed by atoms with Crippen LogP contribution in [0.5, 0.6) is 0 Å². The second kappa shape index (κ2) is 5.94. The van der Waals surface area contributed by atoms with E-state index in [0.717, 1.165) is 22.9 Å². The average molecular weight is 278 g/mol. The van der Waals surface area contributed by atoms with E-state index in [2.05, 4.69) is 29.4 Å². The molecule has 2 aromatic carbocycles. The van der Waals surface area contributed by atoms with Crippen molar-refractivity contribution in [1.82, 2.24) is 10.3 Å². The van der Waals surface area contributed by atoms with E-state index in [0.29, 0.717) is 0 Å². The number of hydrogen-bond donors (Lipinski definition) is 2. The van der Waals surface area contributed by atoms with E-state index in [1.165, 1.54) is 5.56 Å². The summed E-state index contributed by atoms with van der Waals surface area (Å²) in [6.45, 7) is 2.94. The molecule has 1 atom stereocenters. The normalized spacial score (nSPS) is 12.4. The van der Waals surface area contributed by atoms with Crippen molar-refractivity contribution in [3.05, 3.63) is 82.3 Å². The van der Waals surface area contributed by atoms with Crippen LogP contribution in [0.4, 0.5) is 0 Å². The first kappa shape index (κ1) is 13.6. The fraction of sp³-hybridized carbons (Fsp3) is 0.167. The Labute approximate surface area is 123 Å². The third-order valence-electron chi connectivity index (χ3n) is 3.69. The SMILES string of the molecule is CCNC(c1ccccc1)c1c[nH]c(=O)c2ccccc12. The van der Waals surface area contributed by atoms with E-state index in [9.17, 15) is 4.79 Å². The van der Waals surface area contributed by atoms with Crippen LogP contribution in [0.3, 0.4) is 0 Å². The highest BCUT2D eigenvalue weighted by Gasteiger charge is 2.16. The molecule has 0 saturated heterocycles. The van der Waals surface area contributed by atoms with Crippen molar-refractivity contribution < 1.29 is 0 Å². The Kier molecular flexibility index (Phi) is 3.84. The summed E-state index contributed by atoms with van der Waals surface area (Å²) in [4.78, 5) is 14.8. The molecule has 0 aliphatic heterocycles. The van der Waals surface area contributed by atoms with Gasteiger partial charge in [0.1, 0.15) is 0 Å². The third-order valence-corrected chi connectivity index (χ3v) is 3.69. The molecule has 3 aromatic rings. The highest BCUT2D eigenvalue weighted by molar-refractivity contribution is 5.85. The Morgan fingerprint density at radius 2 is 1.67 bits per heavy atom. The maximum atomic E-state index is 12.0. The second-order valence-corrected chi connectivity index (χ2v) is 5.02. The van der Waals surface area contributed by atoms with Crippen molar-refractivity contribution in [2.24, 2.45) is 0 Å². The summed E-state index contributed by atoms with van der Waals surface area (Å²) >= 11 is 0. The first-order chi connectivity index (χ1) is 10.3. The van der Waals surface area contributed by atoms with Crippen LogP contribution in [0, 0.1) is 0 Å². The fourth-order valence-corrected chi connectivity index (χ4v) is 2.73. The number of pyridine rings is 1. The zero-order valence-electron chi connectivity index (χ0n) is 12.0. The van der Waals surface area contributed by atoms with Crippen molar-refractivity contribution in [1.29, 1.82) is 0 Å². The van der Waals surface area contributed by atoms with Gasteiger partial charge in [-0.1, -0.05) is 55.5 Å². The number of rotatable bonds is 4. The van der Waals surface area contributed by atoms with Gasteiger partial charge in [0, 0.05) is 11.6 Å². The summed E-state index contributed by atoms with van der Waals surface area (Å²) in [6, 6.07) is 18.1. The van der Waals surface area contributed by atoms with Gasteiger partial charge in [0.15, 0.2) is 0 Å². The highest BCUT2D eigenvalue weighted by Crippen LogP contribution is 2.26. The van der Waals surface area contributed by atoms with Crippen LogP contribution in [0.1, 0.15) is 24.1 Å². The van der Waals surface area contributed by atoms with Gasteiger partial charge in [0.25, 0.3) is 5.56 Å². The van der Waals surface area contributed by atoms with Gasteiger partial charge in [-0.2, -0.15) is 0 Å². The highest BCUT2D eigenvalue weighted by atomic mass is 16.1. The largest absolute Gasteiger partial charge is 0.328 e. The molecule has 0 fully saturated rings. The quantitative estimate of drug-likeness (QED) is 0.769. The number of aromatic nitrogens is 1. The van der Waals surface area contributed by atoms with Gasteiger partial charge in [0.05, 0.1) is 6.04 Å². The zero-order chi connectivity index (χ0) is 14.7. The Morgan fingerprint density at radius 1 is 1.00 bits per heavy atom. The Balaban J connectivity index is 2.21. The lowest BCUT2D eigenvalue weighted by Crippen LogP contribution is -2.23. The Morgan fingerprint density at radius 3 is 2.38 bits per heavy atom. The summed E-state index contributed by atoms with van der Waals surface area (Å²) < 4.78 is 0. The van der Waals surface area contributed by atoms with Crippen molar-refractivity contribution in [2.45, 2.75) is 13.0 Å². The monoisotopic (exact) mass is 278 g/mol. The lowest BCUT2D eigenvalue weighted by Gasteiger charge is -2.20. The maximum Gasteiger partial charge on any atom is 0.255 e. The molecule has 1 unspecified atom stereocenters. The molecule has 1 heterocycles. The van der Waals surface area contributed by atoms with Crippen molar-refractivity contribution in [2.75, 3.05) is 6.54 Å². The molecule has 3 rings (SSSR count). The molecule has 0 aliphatic rings. The first-order valence-electron chi connectivity index (χ1n) is 7.20. The molecule has 0 spiro atoms. The van der Waals surface area contributed by atoms with E-state index in [1.54, 1.807) is 0 Å². The van der Waals surface area contributed by atoms with Crippen LogP contribution in [-0.2, 0) is 0 Å². The molecule has 2 N–H and O–H groups in total. The molecular formula is C18H18N2O. The number of aromatic amines is 1. The zero-order valence-corrected chi connectivity index (χ0v) is 12.0. The van der Waals surface area contributed by atoms with E-state index in [-0.39, 0.29) is 11.6 Å². The van der Waals surface area contributed by atoms with Crippen LogP contribution in [-0.4, -0.2) is 11.5 Å². The van der Waals surface area contributed by atoms with E-state index in [4.69, 9.17) is 0 Å². The molecule has 0 bridgehead atoms. The predicted octanol–water partition coefficient (Wildman–Crippen LogP) is 3.23. The second-order valence-electron chi connectivity index (χ2n) is 5.02. The Bertz CT molecular complexity index is 793. The van der Waals surface area contributed by atoms with Gasteiger partial charge in [-0.3, -0.25) is 4.79 Å². The fourth-order valence-electron chi connectivity index (χ4n) is 2.73. The van der Waals surface area contributed by atoms with Gasteiger partial charge in [-0.05, 0) is 29.1 Å². The minimum absolute atomic E-state index is 0.0438. The molecule has 106 valence electrons. The van der Waals surface area contributed by atoms with E-state index in [1.807, 2.05) is 48.7 Å². The van der Waals surface area contributed by atoms with Gasteiger partial charge in [0.2, 0.25) is 0 Å². The van der Waals surface area contributed by atoms with Crippen molar-refractivity contribution in [3.8, 4) is 0 Å².